The third-order valence-electron chi connectivity index (χ3n) is 8.04. The van der Waals surface area contributed by atoms with Crippen LogP contribution in [0, 0.1) is 0 Å². The van der Waals surface area contributed by atoms with E-state index in [2.05, 4.69) is 49.7 Å². The van der Waals surface area contributed by atoms with Crippen molar-refractivity contribution in [2.45, 2.75) is 51.1 Å². The molecule has 228 valence electrons. The molecular formula is C33H38N8O3. The van der Waals surface area contributed by atoms with E-state index >= 15 is 0 Å². The number of anilines is 2. The van der Waals surface area contributed by atoms with Gasteiger partial charge in [0.15, 0.2) is 11.5 Å². The number of carbonyl (C=O) groups excluding carboxylic acids is 2. The number of hydrogen-bond acceptors (Lipinski definition) is 8. The topological polar surface area (TPSA) is 128 Å². The van der Waals surface area contributed by atoms with Crippen LogP contribution in [0.1, 0.15) is 48.5 Å². The molecule has 6 rings (SSSR count). The van der Waals surface area contributed by atoms with Crippen LogP contribution in [-0.4, -0.2) is 80.5 Å². The van der Waals surface area contributed by atoms with Crippen LogP contribution in [0.3, 0.4) is 0 Å². The average molecular weight is 595 g/mol. The highest BCUT2D eigenvalue weighted by atomic mass is 16.5. The molecular weight excluding hydrogens is 556 g/mol. The van der Waals surface area contributed by atoms with Gasteiger partial charge in [0.05, 0.1) is 0 Å². The summed E-state index contributed by atoms with van der Waals surface area (Å²) in [6.07, 6.45) is 12.3. The van der Waals surface area contributed by atoms with Gasteiger partial charge in [0.1, 0.15) is 22.7 Å². The first kappa shape index (κ1) is 29.3. The first-order chi connectivity index (χ1) is 21.5. The molecule has 11 nitrogen and oxygen atoms in total. The van der Waals surface area contributed by atoms with Crippen LogP contribution in [0.2, 0.25) is 0 Å². The lowest BCUT2D eigenvalue weighted by molar-refractivity contribution is -0.125. The fourth-order valence-electron chi connectivity index (χ4n) is 5.45. The summed E-state index contributed by atoms with van der Waals surface area (Å²) in [5.74, 6) is 2.10. The van der Waals surface area contributed by atoms with Crippen molar-refractivity contribution in [3.05, 3.63) is 78.1 Å². The van der Waals surface area contributed by atoms with Crippen molar-refractivity contribution in [3.63, 3.8) is 0 Å². The lowest BCUT2D eigenvalue weighted by Crippen LogP contribution is -2.30. The first-order valence-electron chi connectivity index (χ1n) is 15.3. The van der Waals surface area contributed by atoms with Gasteiger partial charge in [0.2, 0.25) is 5.91 Å². The Morgan fingerprint density at radius 2 is 1.93 bits per heavy atom. The van der Waals surface area contributed by atoms with Gasteiger partial charge in [0, 0.05) is 61.8 Å². The number of hydrogen-bond donors (Lipinski definition) is 3. The Morgan fingerprint density at radius 1 is 1.11 bits per heavy atom. The first-order valence-corrected chi connectivity index (χ1v) is 15.3. The van der Waals surface area contributed by atoms with Gasteiger partial charge in [0.25, 0.3) is 5.91 Å². The van der Waals surface area contributed by atoms with Crippen LogP contribution >= 0.6 is 0 Å². The van der Waals surface area contributed by atoms with Crippen LogP contribution in [-0.2, 0) is 11.2 Å². The third-order valence-corrected chi connectivity index (χ3v) is 8.04. The number of carbonyl (C=O) groups is 2. The number of likely N-dealkylation sites (tertiary alicyclic amines) is 1. The van der Waals surface area contributed by atoms with E-state index in [4.69, 9.17) is 4.74 Å². The summed E-state index contributed by atoms with van der Waals surface area (Å²) < 4.78 is 6.23. The Morgan fingerprint density at radius 3 is 2.73 bits per heavy atom. The number of aromatic amines is 1. The van der Waals surface area contributed by atoms with Gasteiger partial charge < -0.3 is 20.3 Å². The van der Waals surface area contributed by atoms with Crippen molar-refractivity contribution in [1.82, 2.24) is 30.0 Å². The molecule has 4 heterocycles. The molecule has 0 radical (unpaired) electrons. The lowest BCUT2D eigenvalue weighted by Gasteiger charge is -2.16. The molecule has 11 heteroatoms. The molecule has 3 aromatic heterocycles. The summed E-state index contributed by atoms with van der Waals surface area (Å²) >= 11 is 0. The molecule has 44 heavy (non-hydrogen) atoms. The smallest absolute Gasteiger partial charge is 0.256 e. The van der Waals surface area contributed by atoms with E-state index in [1.54, 1.807) is 48.8 Å². The Labute approximate surface area is 256 Å². The molecule has 1 saturated carbocycles. The Balaban J connectivity index is 1.07. The highest BCUT2D eigenvalue weighted by Crippen LogP contribution is 2.34. The predicted octanol–water partition coefficient (Wildman–Crippen LogP) is 5.01. The molecule has 0 spiro atoms. The number of amides is 2. The highest BCUT2D eigenvalue weighted by molar-refractivity contribution is 6.03. The molecule has 0 bridgehead atoms. The van der Waals surface area contributed by atoms with Crippen LogP contribution in [0.25, 0.3) is 11.0 Å². The maximum Gasteiger partial charge on any atom is 0.256 e. The number of aryl methyl sites for hydroxylation is 1. The number of pyridine rings is 2. The van der Waals surface area contributed by atoms with Gasteiger partial charge in [-0.15, -0.1) is 0 Å². The van der Waals surface area contributed by atoms with Gasteiger partial charge in [-0.25, -0.2) is 9.97 Å². The SMILES string of the molecule is CCCc1ccnc(NC(=O)c2ccc(Oc3ccnc4[nH]nc(N[C@@H]5CCN(C(=O)/C=C/CN(C)C6CC6)C5)c34)cc2)c1. The van der Waals surface area contributed by atoms with E-state index in [1.165, 1.54) is 12.8 Å². The zero-order chi connectivity index (χ0) is 30.5. The fourth-order valence-corrected chi connectivity index (χ4v) is 5.45. The number of likely N-dealkylation sites (N-methyl/N-ethyl adjacent to an activating group) is 1. The minimum Gasteiger partial charge on any atom is -0.456 e. The minimum absolute atomic E-state index is 0.0366. The van der Waals surface area contributed by atoms with Crippen molar-refractivity contribution in [1.29, 1.82) is 0 Å². The third kappa shape index (κ3) is 7.05. The highest BCUT2D eigenvalue weighted by Gasteiger charge is 2.27. The van der Waals surface area contributed by atoms with E-state index in [-0.39, 0.29) is 17.9 Å². The predicted molar refractivity (Wildman–Crippen MR) is 170 cm³/mol. The zero-order valence-corrected chi connectivity index (χ0v) is 25.1. The van der Waals surface area contributed by atoms with Gasteiger partial charge in [-0.3, -0.25) is 19.6 Å². The van der Waals surface area contributed by atoms with Gasteiger partial charge in [-0.1, -0.05) is 19.4 Å². The van der Waals surface area contributed by atoms with Gasteiger partial charge in [-0.05, 0) is 74.7 Å². The van der Waals surface area contributed by atoms with Crippen molar-refractivity contribution in [2.75, 3.05) is 37.3 Å². The number of benzene rings is 1. The molecule has 0 unspecified atom stereocenters. The Hall–Kier alpha value is -4.77. The summed E-state index contributed by atoms with van der Waals surface area (Å²) in [5, 5.41) is 14.5. The normalized spacial score (nSPS) is 16.6. The van der Waals surface area contributed by atoms with E-state index in [9.17, 15) is 9.59 Å². The number of nitrogens with zero attached hydrogens (tertiary/aromatic N) is 5. The monoisotopic (exact) mass is 594 g/mol. The molecule has 1 saturated heterocycles. The Bertz CT molecular complexity index is 1650. The standard InChI is InChI=1S/C33H38N8O3/c1-3-5-22-13-16-34-28(20-22)37-33(43)23-7-11-26(12-8-23)44-27-14-17-35-31-30(27)32(39-38-31)36-24-15-19-41(21-24)29(42)6-4-18-40(2)25-9-10-25/h4,6-8,11-14,16-17,20,24-25H,3,5,9-10,15,18-19,21H2,1-2H3,(H,34,37,43)(H2,35,36,38,39)/b6-4+/t24-/m1/s1. The van der Waals surface area contributed by atoms with Crippen molar-refractivity contribution < 1.29 is 14.3 Å². The largest absolute Gasteiger partial charge is 0.456 e. The number of nitrogens with one attached hydrogen (secondary N) is 3. The number of fused-ring (bicyclic) bond motifs is 1. The molecule has 3 N–H and O–H groups in total. The zero-order valence-electron chi connectivity index (χ0n) is 25.1. The van der Waals surface area contributed by atoms with Crippen molar-refractivity contribution in [2.24, 2.45) is 0 Å². The van der Waals surface area contributed by atoms with Crippen LogP contribution in [0.5, 0.6) is 11.5 Å². The number of rotatable bonds is 12. The van der Waals surface area contributed by atoms with Gasteiger partial charge in [-0.2, -0.15) is 5.10 Å². The summed E-state index contributed by atoms with van der Waals surface area (Å²) in [4.78, 5) is 38.4. The van der Waals surface area contributed by atoms with Crippen LogP contribution in [0.4, 0.5) is 11.6 Å². The van der Waals surface area contributed by atoms with Crippen molar-refractivity contribution in [3.8, 4) is 11.5 Å². The molecule has 2 fully saturated rings. The molecule has 1 aliphatic heterocycles. The second-order valence-electron chi connectivity index (χ2n) is 11.5. The molecule has 1 aliphatic carbocycles. The molecule has 4 aromatic rings. The van der Waals surface area contributed by atoms with Crippen molar-refractivity contribution >= 4 is 34.5 Å². The second-order valence-corrected chi connectivity index (χ2v) is 11.5. The van der Waals surface area contributed by atoms with E-state index in [0.717, 1.165) is 36.8 Å². The van der Waals surface area contributed by atoms with Crippen LogP contribution in [0.15, 0.2) is 67.0 Å². The van der Waals surface area contributed by atoms with E-state index in [1.807, 2.05) is 23.1 Å². The quantitative estimate of drug-likeness (QED) is 0.195. The molecule has 2 aliphatic rings. The molecule has 1 atom stereocenters. The summed E-state index contributed by atoms with van der Waals surface area (Å²) in [6.45, 7) is 4.19. The fraction of sp³-hybridized carbons (Fsp3) is 0.364. The maximum atomic E-state index is 12.8. The lowest BCUT2D eigenvalue weighted by atomic mass is 10.1. The summed E-state index contributed by atoms with van der Waals surface area (Å²) in [7, 11) is 2.10. The molecule has 2 amide bonds. The number of H-pyrrole nitrogens is 1. The number of ether oxygens (including phenoxy) is 1. The van der Waals surface area contributed by atoms with Gasteiger partial charge >= 0.3 is 0 Å². The number of aromatic nitrogens is 4. The van der Waals surface area contributed by atoms with E-state index < -0.39 is 0 Å². The molecule has 1 aromatic carbocycles. The average Bonchev–Trinajstić information content (AvgIpc) is 3.64. The maximum absolute atomic E-state index is 12.8. The second kappa shape index (κ2) is 13.3. The van der Waals surface area contributed by atoms with E-state index in [0.29, 0.717) is 53.5 Å². The van der Waals surface area contributed by atoms with Crippen LogP contribution < -0.4 is 15.4 Å². The summed E-state index contributed by atoms with van der Waals surface area (Å²) in [5.41, 5.74) is 2.22. The Kier molecular flexibility index (Phi) is 8.83. The summed E-state index contributed by atoms with van der Waals surface area (Å²) in [6, 6.07) is 13.3. The minimum atomic E-state index is -0.240.